The standard InChI is InChI=1S/C31H38FN3O6S/c1-5-7-19-33-31(37)27(6-2)34(21-23-13-15-24(32)16-14-23)30(36)22-35(42(38,39)26-11-9-8-10-12-26)25-17-18-28(40-3)29(20-25)41-4/h8-18,20,27H,5-7,19,21-22H2,1-4H3,(H,33,37)/t27-/m0/s1. The summed E-state index contributed by atoms with van der Waals surface area (Å²) in [7, 11) is -1.35. The van der Waals surface area contributed by atoms with Crippen molar-refractivity contribution in [1.29, 1.82) is 0 Å². The second-order valence-corrected chi connectivity index (χ2v) is 11.4. The van der Waals surface area contributed by atoms with Crippen LogP contribution in [0, 0.1) is 5.82 Å². The van der Waals surface area contributed by atoms with Gasteiger partial charge in [0.2, 0.25) is 11.8 Å². The van der Waals surface area contributed by atoms with Gasteiger partial charge in [-0.3, -0.25) is 13.9 Å². The van der Waals surface area contributed by atoms with Crippen molar-refractivity contribution in [3.05, 3.63) is 84.2 Å². The van der Waals surface area contributed by atoms with Gasteiger partial charge in [0, 0.05) is 19.2 Å². The molecular formula is C31H38FN3O6S. The van der Waals surface area contributed by atoms with Crippen molar-refractivity contribution in [2.24, 2.45) is 0 Å². The molecule has 3 aromatic rings. The Balaban J connectivity index is 2.07. The van der Waals surface area contributed by atoms with E-state index in [0.717, 1.165) is 17.1 Å². The molecule has 0 saturated heterocycles. The molecule has 2 amide bonds. The van der Waals surface area contributed by atoms with Gasteiger partial charge in [-0.2, -0.15) is 0 Å². The van der Waals surface area contributed by atoms with E-state index < -0.39 is 34.3 Å². The third-order valence-corrected chi connectivity index (χ3v) is 8.53. The average molecular weight is 600 g/mol. The van der Waals surface area contributed by atoms with Gasteiger partial charge >= 0.3 is 0 Å². The minimum atomic E-state index is -4.24. The van der Waals surface area contributed by atoms with Crippen LogP contribution >= 0.6 is 0 Å². The van der Waals surface area contributed by atoms with E-state index in [-0.39, 0.29) is 35.2 Å². The van der Waals surface area contributed by atoms with Crippen LogP contribution in [0.4, 0.5) is 10.1 Å². The molecule has 1 N–H and O–H groups in total. The third kappa shape index (κ3) is 8.00. The van der Waals surface area contributed by atoms with Crippen LogP contribution in [0.5, 0.6) is 11.5 Å². The lowest BCUT2D eigenvalue weighted by atomic mass is 10.1. The molecule has 0 aliphatic rings. The van der Waals surface area contributed by atoms with Gasteiger partial charge in [0.05, 0.1) is 24.8 Å². The molecule has 0 radical (unpaired) electrons. The van der Waals surface area contributed by atoms with Crippen LogP contribution < -0.4 is 19.1 Å². The molecule has 0 heterocycles. The Labute approximate surface area is 247 Å². The van der Waals surface area contributed by atoms with Gasteiger partial charge in [-0.05, 0) is 54.8 Å². The fraction of sp³-hybridized carbons (Fsp3) is 0.355. The van der Waals surface area contributed by atoms with Gasteiger partial charge in [-0.15, -0.1) is 0 Å². The van der Waals surface area contributed by atoms with Crippen molar-refractivity contribution >= 4 is 27.5 Å². The van der Waals surface area contributed by atoms with Crippen LogP contribution in [0.2, 0.25) is 0 Å². The van der Waals surface area contributed by atoms with E-state index in [9.17, 15) is 22.4 Å². The summed E-state index contributed by atoms with van der Waals surface area (Å²) < 4.78 is 53.2. The minimum absolute atomic E-state index is 0.0120. The molecule has 0 bridgehead atoms. The number of sulfonamides is 1. The number of hydrogen-bond acceptors (Lipinski definition) is 6. The van der Waals surface area contributed by atoms with Crippen molar-refractivity contribution < 1.29 is 31.9 Å². The lowest BCUT2D eigenvalue weighted by molar-refractivity contribution is -0.140. The number of anilines is 1. The van der Waals surface area contributed by atoms with E-state index in [4.69, 9.17) is 9.47 Å². The Bertz CT molecular complexity index is 1430. The van der Waals surface area contributed by atoms with E-state index in [2.05, 4.69) is 5.32 Å². The molecule has 0 aliphatic carbocycles. The van der Waals surface area contributed by atoms with Crippen LogP contribution in [-0.4, -0.2) is 58.5 Å². The summed E-state index contributed by atoms with van der Waals surface area (Å²) in [6.07, 6.45) is 1.94. The van der Waals surface area contributed by atoms with Crippen LogP contribution in [-0.2, 0) is 26.2 Å². The molecule has 0 fully saturated rings. The highest BCUT2D eigenvalue weighted by molar-refractivity contribution is 7.92. The van der Waals surface area contributed by atoms with E-state index in [1.807, 2.05) is 6.92 Å². The molecule has 11 heteroatoms. The van der Waals surface area contributed by atoms with Crippen molar-refractivity contribution in [2.45, 2.75) is 50.6 Å². The zero-order chi connectivity index (χ0) is 30.7. The number of ether oxygens (including phenoxy) is 2. The Morgan fingerprint density at radius 2 is 1.60 bits per heavy atom. The third-order valence-electron chi connectivity index (χ3n) is 6.75. The van der Waals surface area contributed by atoms with E-state index in [1.54, 1.807) is 31.2 Å². The summed E-state index contributed by atoms with van der Waals surface area (Å²) in [5.41, 5.74) is 0.764. The van der Waals surface area contributed by atoms with Crippen molar-refractivity contribution in [3.8, 4) is 11.5 Å². The first-order chi connectivity index (χ1) is 20.2. The van der Waals surface area contributed by atoms with Gasteiger partial charge in [0.1, 0.15) is 18.4 Å². The molecule has 9 nitrogen and oxygen atoms in total. The summed E-state index contributed by atoms with van der Waals surface area (Å²) in [4.78, 5) is 28.7. The maximum absolute atomic E-state index is 14.1. The first kappa shape index (κ1) is 32.4. The Hall–Kier alpha value is -4.12. The molecule has 3 aromatic carbocycles. The largest absolute Gasteiger partial charge is 0.493 e. The Morgan fingerprint density at radius 1 is 0.929 bits per heavy atom. The SMILES string of the molecule is CCCCNC(=O)[C@H](CC)N(Cc1ccc(F)cc1)C(=O)CN(c1ccc(OC)c(OC)c1)S(=O)(=O)c1ccccc1. The molecule has 3 rings (SSSR count). The second-order valence-electron chi connectivity index (χ2n) is 9.58. The lowest BCUT2D eigenvalue weighted by Crippen LogP contribution is -2.52. The number of unbranched alkanes of at least 4 members (excludes halogenated alkanes) is 1. The summed E-state index contributed by atoms with van der Waals surface area (Å²) in [6.45, 7) is 3.60. The monoisotopic (exact) mass is 599 g/mol. The maximum atomic E-state index is 14.1. The quantitative estimate of drug-likeness (QED) is 0.253. The molecular weight excluding hydrogens is 561 g/mol. The number of carbonyl (C=O) groups excluding carboxylic acids is 2. The number of nitrogens with zero attached hydrogens (tertiary/aromatic N) is 2. The lowest BCUT2D eigenvalue weighted by Gasteiger charge is -2.33. The highest BCUT2D eigenvalue weighted by Gasteiger charge is 2.34. The number of amides is 2. The van der Waals surface area contributed by atoms with Crippen LogP contribution in [0.25, 0.3) is 0 Å². The summed E-state index contributed by atoms with van der Waals surface area (Å²) >= 11 is 0. The van der Waals surface area contributed by atoms with Gasteiger partial charge in [0.15, 0.2) is 11.5 Å². The Kier molecular flexibility index (Phi) is 11.7. The van der Waals surface area contributed by atoms with Gasteiger partial charge in [-0.25, -0.2) is 12.8 Å². The van der Waals surface area contributed by atoms with E-state index in [0.29, 0.717) is 17.9 Å². The van der Waals surface area contributed by atoms with Crippen molar-refractivity contribution in [2.75, 3.05) is 31.6 Å². The zero-order valence-electron chi connectivity index (χ0n) is 24.4. The second kappa shape index (κ2) is 15.2. The van der Waals surface area contributed by atoms with Gasteiger partial charge < -0.3 is 19.7 Å². The molecule has 0 unspecified atom stereocenters. The number of nitrogens with one attached hydrogen (secondary N) is 1. The smallest absolute Gasteiger partial charge is 0.264 e. The summed E-state index contributed by atoms with van der Waals surface area (Å²) in [5.74, 6) is -0.719. The Morgan fingerprint density at radius 3 is 2.19 bits per heavy atom. The fourth-order valence-electron chi connectivity index (χ4n) is 4.44. The van der Waals surface area contributed by atoms with Gasteiger partial charge in [-0.1, -0.05) is 50.6 Å². The van der Waals surface area contributed by atoms with Crippen molar-refractivity contribution in [3.63, 3.8) is 0 Å². The average Bonchev–Trinajstić information content (AvgIpc) is 3.00. The van der Waals surface area contributed by atoms with E-state index >= 15 is 0 Å². The van der Waals surface area contributed by atoms with Crippen LogP contribution in [0.3, 0.4) is 0 Å². The van der Waals surface area contributed by atoms with Gasteiger partial charge in [0.25, 0.3) is 10.0 Å². The molecule has 0 spiro atoms. The molecule has 226 valence electrons. The van der Waals surface area contributed by atoms with Crippen LogP contribution in [0.15, 0.2) is 77.7 Å². The number of hydrogen-bond donors (Lipinski definition) is 1. The maximum Gasteiger partial charge on any atom is 0.264 e. The zero-order valence-corrected chi connectivity index (χ0v) is 25.2. The van der Waals surface area contributed by atoms with Crippen LogP contribution in [0.1, 0.15) is 38.7 Å². The minimum Gasteiger partial charge on any atom is -0.493 e. The number of halogens is 1. The number of carbonyl (C=O) groups is 2. The molecule has 1 atom stereocenters. The fourth-order valence-corrected chi connectivity index (χ4v) is 5.87. The predicted molar refractivity (Wildman–Crippen MR) is 159 cm³/mol. The highest BCUT2D eigenvalue weighted by atomic mass is 32.2. The van der Waals surface area contributed by atoms with Crippen molar-refractivity contribution in [1.82, 2.24) is 10.2 Å². The molecule has 0 aliphatic heterocycles. The highest BCUT2D eigenvalue weighted by Crippen LogP contribution is 2.34. The summed E-state index contributed by atoms with van der Waals surface area (Å²) in [6, 6.07) is 17.1. The number of methoxy groups -OCH3 is 2. The summed E-state index contributed by atoms with van der Waals surface area (Å²) in [5, 5.41) is 2.88. The number of rotatable bonds is 15. The first-order valence-corrected chi connectivity index (χ1v) is 15.2. The number of benzene rings is 3. The molecule has 0 aromatic heterocycles. The normalized spacial score (nSPS) is 11.8. The molecule has 42 heavy (non-hydrogen) atoms. The predicted octanol–water partition coefficient (Wildman–Crippen LogP) is 4.76. The topological polar surface area (TPSA) is 105 Å². The van der Waals surface area contributed by atoms with E-state index in [1.165, 1.54) is 67.7 Å². The molecule has 0 saturated carbocycles. The first-order valence-electron chi connectivity index (χ1n) is 13.8.